The minimum Gasteiger partial charge on any atom is -0.480 e. The van der Waals surface area contributed by atoms with E-state index in [0.29, 0.717) is 5.56 Å². The second kappa shape index (κ2) is 8.44. The Bertz CT molecular complexity index is 1280. The van der Waals surface area contributed by atoms with Crippen LogP contribution in [-0.4, -0.2) is 33.7 Å². The Morgan fingerprint density at radius 3 is 2.68 bits per heavy atom. The molecule has 2 heterocycles. The van der Waals surface area contributed by atoms with Crippen molar-refractivity contribution in [3.05, 3.63) is 71.2 Å². The fraction of sp³-hybridized carbons (Fsp3) is 0.304. The van der Waals surface area contributed by atoms with Gasteiger partial charge in [0.1, 0.15) is 11.6 Å². The third kappa shape index (κ3) is 4.57. The first-order chi connectivity index (χ1) is 16.0. The van der Waals surface area contributed by atoms with Crippen LogP contribution in [0.25, 0.3) is 16.3 Å². The number of amides is 1. The molecule has 1 aromatic heterocycles. The molecular formula is C23H18F4N4O3. The van der Waals surface area contributed by atoms with Gasteiger partial charge in [0.15, 0.2) is 11.8 Å². The molecule has 1 saturated heterocycles. The highest BCUT2D eigenvalue weighted by molar-refractivity contribution is 5.84. The molecule has 1 unspecified atom stereocenters. The lowest BCUT2D eigenvalue weighted by Gasteiger charge is -2.24. The standard InChI is InChI=1S/C23H18F4N4O3/c1-22(2)12-31(11-18-29-30-20(34-18)13-5-4-6-14(24)9-13)21(32)19(22)33-15-7-8-17(28-3)16(10-15)23(25,26)27/h4-10,19H,11-12H2,1-2H3. The fourth-order valence-corrected chi connectivity index (χ4v) is 3.76. The number of alkyl halides is 3. The lowest BCUT2D eigenvalue weighted by molar-refractivity contribution is -0.137. The predicted molar refractivity (Wildman–Crippen MR) is 111 cm³/mol. The zero-order chi connectivity index (χ0) is 24.7. The van der Waals surface area contributed by atoms with Gasteiger partial charge < -0.3 is 14.1 Å². The second-order valence-electron chi connectivity index (χ2n) is 8.48. The quantitative estimate of drug-likeness (QED) is 0.373. The molecular weight excluding hydrogens is 456 g/mol. The molecule has 7 nitrogen and oxygen atoms in total. The molecule has 3 aromatic rings. The maximum absolute atomic E-state index is 13.4. The number of carbonyl (C=O) groups is 1. The third-order valence-electron chi connectivity index (χ3n) is 5.36. The van der Waals surface area contributed by atoms with Gasteiger partial charge in [0.05, 0.1) is 18.7 Å². The normalized spacial score (nSPS) is 17.6. The number of likely N-dealkylation sites (tertiary alicyclic amines) is 1. The SMILES string of the molecule is [C-]#[N+]c1ccc(OC2C(=O)N(Cc3nnc(-c4cccc(F)c4)o3)CC2(C)C)cc1C(F)(F)F. The molecule has 0 bridgehead atoms. The van der Waals surface area contributed by atoms with Crippen LogP contribution in [-0.2, 0) is 17.5 Å². The van der Waals surface area contributed by atoms with Crippen molar-refractivity contribution in [2.75, 3.05) is 6.54 Å². The Labute approximate surface area is 191 Å². The lowest BCUT2D eigenvalue weighted by Crippen LogP contribution is -2.36. The summed E-state index contributed by atoms with van der Waals surface area (Å²) in [6, 6.07) is 8.58. The van der Waals surface area contributed by atoms with E-state index in [1.54, 1.807) is 19.9 Å². The molecule has 1 aliphatic heterocycles. The molecule has 0 radical (unpaired) electrons. The van der Waals surface area contributed by atoms with Crippen molar-refractivity contribution in [3.63, 3.8) is 0 Å². The van der Waals surface area contributed by atoms with Gasteiger partial charge in [-0.3, -0.25) is 4.79 Å². The maximum Gasteiger partial charge on any atom is 0.407 e. The number of benzene rings is 2. The summed E-state index contributed by atoms with van der Waals surface area (Å²) in [6.45, 7) is 10.6. The van der Waals surface area contributed by atoms with Crippen molar-refractivity contribution in [3.8, 4) is 17.2 Å². The minimum absolute atomic E-state index is 0.0467. The summed E-state index contributed by atoms with van der Waals surface area (Å²) in [4.78, 5) is 17.4. The van der Waals surface area contributed by atoms with E-state index in [2.05, 4.69) is 15.0 Å². The van der Waals surface area contributed by atoms with E-state index in [1.807, 2.05) is 0 Å². The third-order valence-corrected chi connectivity index (χ3v) is 5.36. The summed E-state index contributed by atoms with van der Waals surface area (Å²) >= 11 is 0. The van der Waals surface area contributed by atoms with Crippen molar-refractivity contribution in [2.45, 2.75) is 32.7 Å². The Balaban J connectivity index is 1.52. The Hall–Kier alpha value is -3.94. The van der Waals surface area contributed by atoms with Gasteiger partial charge in [-0.05, 0) is 30.3 Å². The largest absolute Gasteiger partial charge is 0.480 e. The number of hydrogen-bond donors (Lipinski definition) is 0. The summed E-state index contributed by atoms with van der Waals surface area (Å²) in [6.07, 6.45) is -5.81. The van der Waals surface area contributed by atoms with Gasteiger partial charge in [0.25, 0.3) is 5.91 Å². The van der Waals surface area contributed by atoms with Crippen LogP contribution in [0.4, 0.5) is 23.2 Å². The van der Waals surface area contributed by atoms with Crippen LogP contribution in [0.1, 0.15) is 25.3 Å². The molecule has 1 fully saturated rings. The first kappa shape index (κ1) is 23.2. The smallest absolute Gasteiger partial charge is 0.407 e. The van der Waals surface area contributed by atoms with Crippen molar-refractivity contribution >= 4 is 11.6 Å². The predicted octanol–water partition coefficient (Wildman–Crippen LogP) is 5.26. The number of halogens is 4. The summed E-state index contributed by atoms with van der Waals surface area (Å²) < 4.78 is 64.6. The van der Waals surface area contributed by atoms with Gasteiger partial charge in [-0.2, -0.15) is 13.2 Å². The zero-order valence-corrected chi connectivity index (χ0v) is 18.1. The first-order valence-corrected chi connectivity index (χ1v) is 10.1. The van der Waals surface area contributed by atoms with Crippen molar-refractivity contribution in [1.82, 2.24) is 15.1 Å². The summed E-state index contributed by atoms with van der Waals surface area (Å²) in [5.74, 6) is -0.887. The average molecular weight is 474 g/mol. The monoisotopic (exact) mass is 474 g/mol. The van der Waals surface area contributed by atoms with Crippen molar-refractivity contribution in [2.24, 2.45) is 5.41 Å². The van der Waals surface area contributed by atoms with Crippen molar-refractivity contribution in [1.29, 1.82) is 0 Å². The molecule has 4 rings (SSSR count). The van der Waals surface area contributed by atoms with Gasteiger partial charge in [0.2, 0.25) is 11.8 Å². The number of nitrogens with zero attached hydrogens (tertiary/aromatic N) is 4. The van der Waals surface area contributed by atoms with Crippen LogP contribution in [0.15, 0.2) is 46.9 Å². The molecule has 34 heavy (non-hydrogen) atoms. The average Bonchev–Trinajstić information content (AvgIpc) is 3.31. The topological polar surface area (TPSA) is 72.8 Å². The highest BCUT2D eigenvalue weighted by atomic mass is 19.4. The van der Waals surface area contributed by atoms with Crippen LogP contribution < -0.4 is 4.74 Å². The number of rotatable bonds is 5. The fourth-order valence-electron chi connectivity index (χ4n) is 3.76. The minimum atomic E-state index is -4.74. The first-order valence-electron chi connectivity index (χ1n) is 10.1. The van der Waals surface area contributed by atoms with E-state index in [1.165, 1.54) is 29.2 Å². The van der Waals surface area contributed by atoms with Gasteiger partial charge >= 0.3 is 6.18 Å². The van der Waals surface area contributed by atoms with Crippen LogP contribution in [0.3, 0.4) is 0 Å². The van der Waals surface area contributed by atoms with Crippen LogP contribution in [0.5, 0.6) is 5.75 Å². The van der Waals surface area contributed by atoms with Gasteiger partial charge in [-0.25, -0.2) is 9.24 Å². The Morgan fingerprint density at radius 1 is 1.24 bits per heavy atom. The molecule has 0 spiro atoms. The molecule has 1 aliphatic rings. The maximum atomic E-state index is 13.4. The highest BCUT2D eigenvalue weighted by Gasteiger charge is 2.48. The van der Waals surface area contributed by atoms with E-state index in [0.717, 1.165) is 12.1 Å². The number of aromatic nitrogens is 2. The number of carbonyl (C=O) groups excluding carboxylic acids is 1. The highest BCUT2D eigenvalue weighted by Crippen LogP contribution is 2.40. The van der Waals surface area contributed by atoms with Gasteiger partial charge in [-0.15, -0.1) is 10.2 Å². The molecule has 11 heteroatoms. The van der Waals surface area contributed by atoms with Gasteiger partial charge in [0, 0.05) is 17.5 Å². The zero-order valence-electron chi connectivity index (χ0n) is 18.1. The van der Waals surface area contributed by atoms with E-state index in [4.69, 9.17) is 15.7 Å². The lowest BCUT2D eigenvalue weighted by atomic mass is 9.89. The Kier molecular flexibility index (Phi) is 5.77. The van der Waals surface area contributed by atoms with Gasteiger partial charge in [-0.1, -0.05) is 26.0 Å². The summed E-state index contributed by atoms with van der Waals surface area (Å²) in [7, 11) is 0. The molecule has 0 saturated carbocycles. The summed E-state index contributed by atoms with van der Waals surface area (Å²) in [5, 5.41) is 7.79. The van der Waals surface area contributed by atoms with Crippen LogP contribution in [0, 0.1) is 17.8 Å². The van der Waals surface area contributed by atoms with E-state index in [9.17, 15) is 22.4 Å². The molecule has 2 aromatic carbocycles. The Morgan fingerprint density at radius 2 is 2.00 bits per heavy atom. The number of hydrogen-bond acceptors (Lipinski definition) is 5. The van der Waals surface area contributed by atoms with E-state index < -0.39 is 40.7 Å². The molecule has 176 valence electrons. The summed E-state index contributed by atoms with van der Waals surface area (Å²) in [5.41, 5.74) is -2.05. The van der Waals surface area contributed by atoms with Crippen LogP contribution >= 0.6 is 0 Å². The van der Waals surface area contributed by atoms with E-state index >= 15 is 0 Å². The second-order valence-corrected chi connectivity index (χ2v) is 8.48. The van der Waals surface area contributed by atoms with Crippen LogP contribution in [0.2, 0.25) is 0 Å². The molecule has 1 atom stereocenters. The molecule has 0 aliphatic carbocycles. The van der Waals surface area contributed by atoms with Crippen molar-refractivity contribution < 1.29 is 31.5 Å². The molecule has 1 amide bonds. The number of ether oxygens (including phenoxy) is 1. The van der Waals surface area contributed by atoms with E-state index in [-0.39, 0.29) is 30.6 Å². The molecule has 0 N–H and O–H groups in total.